The molecule has 0 atom stereocenters. The van der Waals surface area contributed by atoms with Crippen LogP contribution >= 0.6 is 0 Å². The summed E-state index contributed by atoms with van der Waals surface area (Å²) in [6.07, 6.45) is 1.07. The monoisotopic (exact) mass is 381 g/mol. The zero-order valence-electron chi connectivity index (χ0n) is 16.1. The molecular weight excluding hydrogens is 354 g/mol. The van der Waals surface area contributed by atoms with E-state index in [9.17, 15) is 9.90 Å². The highest BCUT2D eigenvalue weighted by atomic mass is 16.5. The summed E-state index contributed by atoms with van der Waals surface area (Å²) < 4.78 is 5.75. The van der Waals surface area contributed by atoms with Crippen molar-refractivity contribution in [2.45, 2.75) is 26.1 Å². The molecule has 0 saturated heterocycles. The molecule has 2 N–H and O–H groups in total. The van der Waals surface area contributed by atoms with Crippen molar-refractivity contribution in [2.75, 3.05) is 32.8 Å². The number of amides is 2. The quantitative estimate of drug-likeness (QED) is 0.852. The number of ether oxygens (including phenoxy) is 1. The lowest BCUT2D eigenvalue weighted by atomic mass is 10.00. The average molecular weight is 381 g/mol. The minimum absolute atomic E-state index is 0.0154. The SMILES string of the molecule is O=C(NCCN1CCc2ccccc2C1)N1CCOc2ccc(CO)cc2C1. The number of aliphatic hydroxyl groups excluding tert-OH is 1. The number of benzene rings is 2. The summed E-state index contributed by atoms with van der Waals surface area (Å²) in [6, 6.07) is 14.1. The van der Waals surface area contributed by atoms with E-state index in [1.54, 1.807) is 4.90 Å². The van der Waals surface area contributed by atoms with E-state index in [0.717, 1.165) is 42.9 Å². The van der Waals surface area contributed by atoms with Crippen LogP contribution in [0.3, 0.4) is 0 Å². The second kappa shape index (κ2) is 8.63. The van der Waals surface area contributed by atoms with Crippen LogP contribution in [-0.4, -0.2) is 53.7 Å². The Balaban J connectivity index is 1.29. The van der Waals surface area contributed by atoms with Crippen molar-refractivity contribution in [1.29, 1.82) is 0 Å². The molecule has 2 aromatic carbocycles. The fourth-order valence-corrected chi connectivity index (χ4v) is 3.90. The number of aliphatic hydroxyl groups is 1. The highest BCUT2D eigenvalue weighted by molar-refractivity contribution is 5.74. The van der Waals surface area contributed by atoms with Gasteiger partial charge >= 0.3 is 6.03 Å². The number of urea groups is 1. The third-order valence-corrected chi connectivity index (χ3v) is 5.49. The van der Waals surface area contributed by atoms with E-state index in [1.165, 1.54) is 11.1 Å². The highest BCUT2D eigenvalue weighted by Gasteiger charge is 2.21. The second-order valence-corrected chi connectivity index (χ2v) is 7.40. The van der Waals surface area contributed by atoms with Gasteiger partial charge in [0.2, 0.25) is 0 Å². The number of nitrogens with zero attached hydrogens (tertiary/aromatic N) is 2. The molecule has 0 saturated carbocycles. The van der Waals surface area contributed by atoms with Crippen LogP contribution in [0.4, 0.5) is 4.79 Å². The topological polar surface area (TPSA) is 65.0 Å². The van der Waals surface area contributed by atoms with Gasteiger partial charge in [-0.15, -0.1) is 0 Å². The third kappa shape index (κ3) is 4.29. The molecule has 6 nitrogen and oxygen atoms in total. The normalized spacial score (nSPS) is 16.5. The van der Waals surface area contributed by atoms with Crippen molar-refractivity contribution < 1.29 is 14.6 Å². The Morgan fingerprint density at radius 3 is 2.79 bits per heavy atom. The Bertz CT molecular complexity index is 840. The Morgan fingerprint density at radius 2 is 1.93 bits per heavy atom. The molecule has 2 amide bonds. The summed E-state index contributed by atoms with van der Waals surface area (Å²) in [5.41, 5.74) is 4.59. The van der Waals surface area contributed by atoms with Gasteiger partial charge in [0.05, 0.1) is 19.7 Å². The summed E-state index contributed by atoms with van der Waals surface area (Å²) in [6.45, 7) is 4.94. The summed E-state index contributed by atoms with van der Waals surface area (Å²) in [5.74, 6) is 0.791. The molecule has 0 bridgehead atoms. The fraction of sp³-hybridized carbons (Fsp3) is 0.409. The molecule has 0 spiro atoms. The first-order valence-electron chi connectivity index (χ1n) is 9.90. The maximum atomic E-state index is 12.6. The van der Waals surface area contributed by atoms with Crippen LogP contribution in [0.1, 0.15) is 22.3 Å². The van der Waals surface area contributed by atoms with Gasteiger partial charge < -0.3 is 20.1 Å². The predicted molar refractivity (Wildman–Crippen MR) is 107 cm³/mol. The van der Waals surface area contributed by atoms with Gasteiger partial charge in [-0.25, -0.2) is 4.79 Å². The Morgan fingerprint density at radius 1 is 1.07 bits per heavy atom. The second-order valence-electron chi connectivity index (χ2n) is 7.40. The first-order valence-corrected chi connectivity index (χ1v) is 9.90. The predicted octanol–water partition coefficient (Wildman–Crippen LogP) is 2.14. The summed E-state index contributed by atoms with van der Waals surface area (Å²) in [7, 11) is 0. The molecule has 0 radical (unpaired) electrons. The number of nitrogens with one attached hydrogen (secondary N) is 1. The van der Waals surface area contributed by atoms with Gasteiger partial charge in [-0.05, 0) is 35.2 Å². The Kier molecular flexibility index (Phi) is 5.78. The van der Waals surface area contributed by atoms with Gasteiger partial charge in [0.15, 0.2) is 0 Å². The lowest BCUT2D eigenvalue weighted by Gasteiger charge is -2.29. The average Bonchev–Trinajstić information content (AvgIpc) is 2.95. The van der Waals surface area contributed by atoms with Gasteiger partial charge in [0.25, 0.3) is 0 Å². The first kappa shape index (κ1) is 18.8. The van der Waals surface area contributed by atoms with Crippen LogP contribution in [0.5, 0.6) is 5.75 Å². The van der Waals surface area contributed by atoms with E-state index in [0.29, 0.717) is 26.2 Å². The van der Waals surface area contributed by atoms with Crippen molar-refractivity contribution >= 4 is 6.03 Å². The van der Waals surface area contributed by atoms with Gasteiger partial charge in [-0.3, -0.25) is 4.90 Å². The molecule has 6 heteroatoms. The molecule has 2 aromatic rings. The molecule has 2 aliphatic rings. The van der Waals surface area contributed by atoms with E-state index >= 15 is 0 Å². The van der Waals surface area contributed by atoms with Gasteiger partial charge in [0.1, 0.15) is 12.4 Å². The maximum absolute atomic E-state index is 12.6. The molecule has 148 valence electrons. The van der Waals surface area contributed by atoms with Crippen molar-refractivity contribution in [2.24, 2.45) is 0 Å². The smallest absolute Gasteiger partial charge is 0.317 e. The minimum atomic E-state index is -0.0664. The number of carbonyl (C=O) groups is 1. The number of hydrogen-bond donors (Lipinski definition) is 2. The number of rotatable bonds is 4. The first-order chi connectivity index (χ1) is 13.7. The number of carbonyl (C=O) groups excluding carboxylic acids is 1. The fourth-order valence-electron chi connectivity index (χ4n) is 3.90. The van der Waals surface area contributed by atoms with Gasteiger partial charge in [-0.2, -0.15) is 0 Å². The standard InChI is InChI=1S/C22H27N3O3/c26-16-17-5-6-21-20(13-17)15-25(11-12-28-21)22(27)23-8-10-24-9-7-18-3-1-2-4-19(18)14-24/h1-6,13,26H,7-12,14-16H2,(H,23,27). The largest absolute Gasteiger partial charge is 0.491 e. The lowest BCUT2D eigenvalue weighted by Crippen LogP contribution is -2.44. The lowest BCUT2D eigenvalue weighted by molar-refractivity contribution is 0.184. The molecule has 4 rings (SSSR count). The van der Waals surface area contributed by atoms with Crippen molar-refractivity contribution in [1.82, 2.24) is 15.1 Å². The van der Waals surface area contributed by atoms with Crippen LogP contribution in [-0.2, 0) is 26.1 Å². The Hall–Kier alpha value is -2.57. The molecule has 2 heterocycles. The van der Waals surface area contributed by atoms with Gasteiger partial charge in [-0.1, -0.05) is 30.3 Å². The zero-order chi connectivity index (χ0) is 19.3. The van der Waals surface area contributed by atoms with Gasteiger partial charge in [0, 0.05) is 31.7 Å². The van der Waals surface area contributed by atoms with E-state index < -0.39 is 0 Å². The number of hydrogen-bond acceptors (Lipinski definition) is 4. The van der Waals surface area contributed by atoms with E-state index in [-0.39, 0.29) is 12.6 Å². The van der Waals surface area contributed by atoms with Crippen molar-refractivity contribution in [3.63, 3.8) is 0 Å². The summed E-state index contributed by atoms with van der Waals surface area (Å²) in [5, 5.41) is 12.4. The van der Waals surface area contributed by atoms with E-state index in [2.05, 4.69) is 34.5 Å². The molecule has 28 heavy (non-hydrogen) atoms. The van der Waals surface area contributed by atoms with Crippen LogP contribution in [0, 0.1) is 0 Å². The molecule has 0 fully saturated rings. The third-order valence-electron chi connectivity index (χ3n) is 5.49. The van der Waals surface area contributed by atoms with Crippen LogP contribution in [0.2, 0.25) is 0 Å². The van der Waals surface area contributed by atoms with Crippen molar-refractivity contribution in [3.8, 4) is 5.75 Å². The zero-order valence-corrected chi connectivity index (χ0v) is 16.1. The van der Waals surface area contributed by atoms with Crippen LogP contribution in [0.15, 0.2) is 42.5 Å². The molecule has 0 aromatic heterocycles. The molecule has 0 aliphatic carbocycles. The van der Waals surface area contributed by atoms with E-state index in [1.807, 2.05) is 18.2 Å². The molecule has 0 unspecified atom stereocenters. The number of fused-ring (bicyclic) bond motifs is 2. The van der Waals surface area contributed by atoms with E-state index in [4.69, 9.17) is 4.74 Å². The summed E-state index contributed by atoms with van der Waals surface area (Å²) in [4.78, 5) is 16.8. The molecular formula is C22H27N3O3. The van der Waals surface area contributed by atoms with Crippen LogP contribution in [0.25, 0.3) is 0 Å². The van der Waals surface area contributed by atoms with Crippen LogP contribution < -0.4 is 10.1 Å². The minimum Gasteiger partial charge on any atom is -0.491 e. The Labute approximate surface area is 165 Å². The maximum Gasteiger partial charge on any atom is 0.317 e. The highest BCUT2D eigenvalue weighted by Crippen LogP contribution is 2.24. The summed E-state index contributed by atoms with van der Waals surface area (Å²) >= 11 is 0. The molecule has 2 aliphatic heterocycles. The van der Waals surface area contributed by atoms with Crippen molar-refractivity contribution in [3.05, 3.63) is 64.7 Å².